The lowest BCUT2D eigenvalue weighted by molar-refractivity contribution is 0.189. The average Bonchev–Trinajstić information content (AvgIpc) is 2.52. The standard InChI is InChI=1S/C12H22N2O/c1-9(2)12(7-13)14(4)8-11-5-6-15-10(11)3/h5-6,9,12H,7-8,13H2,1-4H3. The molecular formula is C12H22N2O. The maximum Gasteiger partial charge on any atom is 0.105 e. The largest absolute Gasteiger partial charge is 0.469 e. The van der Waals surface area contributed by atoms with E-state index in [4.69, 9.17) is 10.2 Å². The molecule has 1 aromatic heterocycles. The second-order valence-electron chi connectivity index (χ2n) is 4.46. The predicted octanol–water partition coefficient (Wildman–Crippen LogP) is 2.00. The topological polar surface area (TPSA) is 42.4 Å². The number of rotatable bonds is 5. The van der Waals surface area contributed by atoms with Gasteiger partial charge in [-0.2, -0.15) is 0 Å². The number of nitrogens with zero attached hydrogens (tertiary/aromatic N) is 1. The van der Waals surface area contributed by atoms with Crippen molar-refractivity contribution in [3.63, 3.8) is 0 Å². The Balaban J connectivity index is 2.62. The number of furan rings is 1. The van der Waals surface area contributed by atoms with Crippen LogP contribution in [0.1, 0.15) is 25.2 Å². The van der Waals surface area contributed by atoms with Gasteiger partial charge < -0.3 is 10.2 Å². The molecule has 1 atom stereocenters. The van der Waals surface area contributed by atoms with Crippen molar-refractivity contribution in [2.75, 3.05) is 13.6 Å². The summed E-state index contributed by atoms with van der Waals surface area (Å²) in [4.78, 5) is 2.29. The fourth-order valence-electron chi connectivity index (χ4n) is 1.92. The van der Waals surface area contributed by atoms with Crippen molar-refractivity contribution >= 4 is 0 Å². The van der Waals surface area contributed by atoms with Crippen LogP contribution in [0.4, 0.5) is 0 Å². The molecule has 0 bridgehead atoms. The molecule has 3 nitrogen and oxygen atoms in total. The molecule has 0 aromatic carbocycles. The van der Waals surface area contributed by atoms with Crippen LogP contribution in [-0.4, -0.2) is 24.5 Å². The van der Waals surface area contributed by atoms with Gasteiger partial charge in [0.2, 0.25) is 0 Å². The zero-order chi connectivity index (χ0) is 11.4. The molecule has 2 N–H and O–H groups in total. The lowest BCUT2D eigenvalue weighted by atomic mass is 10.0. The van der Waals surface area contributed by atoms with E-state index < -0.39 is 0 Å². The first-order valence-corrected chi connectivity index (χ1v) is 5.49. The van der Waals surface area contributed by atoms with Crippen molar-refractivity contribution in [1.82, 2.24) is 4.90 Å². The highest BCUT2D eigenvalue weighted by Crippen LogP contribution is 2.15. The number of hydrogen-bond acceptors (Lipinski definition) is 3. The molecule has 0 saturated heterocycles. The van der Waals surface area contributed by atoms with Gasteiger partial charge in [0.15, 0.2) is 0 Å². The summed E-state index contributed by atoms with van der Waals surface area (Å²) in [5.41, 5.74) is 7.02. The molecule has 0 amide bonds. The molecule has 0 aliphatic carbocycles. The Morgan fingerprint density at radius 3 is 2.53 bits per heavy atom. The second kappa shape index (κ2) is 5.33. The monoisotopic (exact) mass is 210 g/mol. The minimum absolute atomic E-state index is 0.430. The fraction of sp³-hybridized carbons (Fsp3) is 0.667. The van der Waals surface area contributed by atoms with Crippen LogP contribution in [-0.2, 0) is 6.54 Å². The van der Waals surface area contributed by atoms with E-state index in [1.807, 2.05) is 13.0 Å². The van der Waals surface area contributed by atoms with Crippen LogP contribution in [0.5, 0.6) is 0 Å². The highest BCUT2D eigenvalue weighted by atomic mass is 16.3. The molecule has 0 aliphatic rings. The Kier molecular flexibility index (Phi) is 4.36. The third kappa shape index (κ3) is 3.08. The van der Waals surface area contributed by atoms with Crippen molar-refractivity contribution in [1.29, 1.82) is 0 Å². The number of hydrogen-bond donors (Lipinski definition) is 1. The first-order valence-electron chi connectivity index (χ1n) is 5.49. The Morgan fingerprint density at radius 2 is 2.13 bits per heavy atom. The first-order chi connectivity index (χ1) is 7.06. The highest BCUT2D eigenvalue weighted by Gasteiger charge is 2.17. The predicted molar refractivity (Wildman–Crippen MR) is 62.6 cm³/mol. The summed E-state index contributed by atoms with van der Waals surface area (Å²) in [6, 6.07) is 2.46. The lowest BCUT2D eigenvalue weighted by Gasteiger charge is -2.29. The summed E-state index contributed by atoms with van der Waals surface area (Å²) >= 11 is 0. The summed E-state index contributed by atoms with van der Waals surface area (Å²) in [6.45, 7) is 8.01. The van der Waals surface area contributed by atoms with E-state index >= 15 is 0 Å². The van der Waals surface area contributed by atoms with Gasteiger partial charge in [0.1, 0.15) is 5.76 Å². The van der Waals surface area contributed by atoms with Crippen LogP contribution in [0.2, 0.25) is 0 Å². The molecule has 1 unspecified atom stereocenters. The van der Waals surface area contributed by atoms with Crippen LogP contribution in [0.25, 0.3) is 0 Å². The molecule has 3 heteroatoms. The van der Waals surface area contributed by atoms with Crippen LogP contribution < -0.4 is 5.73 Å². The van der Waals surface area contributed by atoms with Crippen molar-refractivity contribution in [2.45, 2.75) is 33.4 Å². The molecule has 1 heterocycles. The van der Waals surface area contributed by atoms with E-state index in [-0.39, 0.29) is 0 Å². The summed E-state index contributed by atoms with van der Waals surface area (Å²) in [5.74, 6) is 1.58. The molecular weight excluding hydrogens is 188 g/mol. The van der Waals surface area contributed by atoms with E-state index in [0.717, 1.165) is 12.3 Å². The van der Waals surface area contributed by atoms with Crippen molar-refractivity contribution in [2.24, 2.45) is 11.7 Å². The van der Waals surface area contributed by atoms with Gasteiger partial charge in [-0.3, -0.25) is 4.90 Å². The van der Waals surface area contributed by atoms with Gasteiger partial charge in [-0.1, -0.05) is 13.8 Å². The minimum atomic E-state index is 0.430. The Hall–Kier alpha value is -0.800. The van der Waals surface area contributed by atoms with E-state index in [1.165, 1.54) is 5.56 Å². The van der Waals surface area contributed by atoms with Gasteiger partial charge in [0.05, 0.1) is 6.26 Å². The van der Waals surface area contributed by atoms with E-state index in [1.54, 1.807) is 6.26 Å². The molecule has 0 spiro atoms. The summed E-state index contributed by atoms with van der Waals surface area (Å²) in [5, 5.41) is 0. The SMILES string of the molecule is Cc1occc1CN(C)C(CN)C(C)C. The normalized spacial score (nSPS) is 13.8. The fourth-order valence-corrected chi connectivity index (χ4v) is 1.92. The van der Waals surface area contributed by atoms with Crippen molar-refractivity contribution < 1.29 is 4.42 Å². The van der Waals surface area contributed by atoms with Crippen molar-refractivity contribution in [3.05, 3.63) is 23.7 Å². The molecule has 15 heavy (non-hydrogen) atoms. The smallest absolute Gasteiger partial charge is 0.105 e. The molecule has 0 aliphatic heterocycles. The Morgan fingerprint density at radius 1 is 1.47 bits per heavy atom. The Labute approximate surface area is 92.2 Å². The third-order valence-electron chi connectivity index (χ3n) is 2.96. The first kappa shape index (κ1) is 12.3. The van der Waals surface area contributed by atoms with Gasteiger partial charge in [-0.05, 0) is 26.0 Å². The zero-order valence-corrected chi connectivity index (χ0v) is 10.2. The number of nitrogens with two attached hydrogens (primary N) is 1. The maximum atomic E-state index is 5.78. The van der Waals surface area contributed by atoms with Gasteiger partial charge in [-0.15, -0.1) is 0 Å². The van der Waals surface area contributed by atoms with E-state index in [2.05, 4.69) is 25.8 Å². The highest BCUT2D eigenvalue weighted by molar-refractivity contribution is 5.15. The molecule has 1 rings (SSSR count). The summed E-state index contributed by atoms with van der Waals surface area (Å²) in [7, 11) is 2.12. The average molecular weight is 210 g/mol. The molecule has 0 radical (unpaired) electrons. The molecule has 0 fully saturated rings. The zero-order valence-electron chi connectivity index (χ0n) is 10.2. The van der Waals surface area contributed by atoms with Crippen LogP contribution in [0.15, 0.2) is 16.7 Å². The van der Waals surface area contributed by atoms with Gasteiger partial charge >= 0.3 is 0 Å². The second-order valence-corrected chi connectivity index (χ2v) is 4.46. The Bertz CT molecular complexity index is 294. The third-order valence-corrected chi connectivity index (χ3v) is 2.96. The summed E-state index contributed by atoms with van der Waals surface area (Å²) < 4.78 is 5.28. The quantitative estimate of drug-likeness (QED) is 0.808. The van der Waals surface area contributed by atoms with Crippen LogP contribution in [0, 0.1) is 12.8 Å². The van der Waals surface area contributed by atoms with E-state index in [9.17, 15) is 0 Å². The van der Waals surface area contributed by atoms with Gasteiger partial charge in [-0.25, -0.2) is 0 Å². The summed E-state index contributed by atoms with van der Waals surface area (Å²) in [6.07, 6.45) is 1.74. The molecule has 86 valence electrons. The number of aryl methyl sites for hydroxylation is 1. The minimum Gasteiger partial charge on any atom is -0.469 e. The van der Waals surface area contributed by atoms with Crippen LogP contribution in [0.3, 0.4) is 0 Å². The molecule has 0 saturated carbocycles. The number of likely N-dealkylation sites (N-methyl/N-ethyl adjacent to an activating group) is 1. The van der Waals surface area contributed by atoms with Gasteiger partial charge in [0, 0.05) is 24.7 Å². The molecule has 1 aromatic rings. The lowest BCUT2D eigenvalue weighted by Crippen LogP contribution is -2.41. The van der Waals surface area contributed by atoms with E-state index in [0.29, 0.717) is 18.5 Å². The van der Waals surface area contributed by atoms with Crippen molar-refractivity contribution in [3.8, 4) is 0 Å². The maximum absolute atomic E-state index is 5.78. The van der Waals surface area contributed by atoms with Crippen LogP contribution >= 0.6 is 0 Å². The van der Waals surface area contributed by atoms with Gasteiger partial charge in [0.25, 0.3) is 0 Å².